The molecule has 0 spiro atoms. The lowest BCUT2D eigenvalue weighted by molar-refractivity contribution is -0.117. The minimum absolute atomic E-state index is 0.0435. The Hall–Kier alpha value is -1.88. The van der Waals surface area contributed by atoms with Crippen LogP contribution in [-0.4, -0.2) is 32.5 Å². The summed E-state index contributed by atoms with van der Waals surface area (Å²) in [5.41, 5.74) is 1.25. The van der Waals surface area contributed by atoms with Crippen LogP contribution in [-0.2, 0) is 4.74 Å². The largest absolute Gasteiger partial charge is 0.441 e. The maximum absolute atomic E-state index is 12.2. The monoisotopic (exact) mass is 330 g/mol. The molecule has 5 nitrogen and oxygen atoms in total. The molecule has 1 aromatic rings. The smallest absolute Gasteiger partial charge is 0.419 e. The van der Waals surface area contributed by atoms with Gasteiger partial charge >= 0.3 is 6.09 Å². The molecule has 24 heavy (non-hydrogen) atoms. The van der Waals surface area contributed by atoms with Crippen LogP contribution < -0.4 is 0 Å². The van der Waals surface area contributed by atoms with Crippen LogP contribution in [0.15, 0.2) is 42.5 Å². The van der Waals surface area contributed by atoms with Crippen molar-refractivity contribution in [1.29, 1.82) is 0 Å². The number of aromatic nitrogens is 2. The summed E-state index contributed by atoms with van der Waals surface area (Å²) in [6, 6.07) is 0. The number of aliphatic hydroxyl groups is 1. The van der Waals surface area contributed by atoms with Crippen molar-refractivity contribution in [2.75, 3.05) is 0 Å². The molecule has 0 bridgehead atoms. The van der Waals surface area contributed by atoms with E-state index in [4.69, 9.17) is 4.74 Å². The summed E-state index contributed by atoms with van der Waals surface area (Å²) in [6.07, 6.45) is 8.18. The Balaban J connectivity index is 1.86. The van der Waals surface area contributed by atoms with Gasteiger partial charge in [-0.2, -0.15) is 0 Å². The number of rotatable bonds is 2. The van der Waals surface area contributed by atoms with Crippen molar-refractivity contribution in [3.63, 3.8) is 0 Å². The van der Waals surface area contributed by atoms with Crippen LogP contribution in [0, 0.1) is 17.8 Å². The lowest BCUT2D eigenvalue weighted by atomic mass is 9.58. The molecule has 1 fully saturated rings. The molecule has 5 atom stereocenters. The Morgan fingerprint density at radius 2 is 2.25 bits per heavy atom. The van der Waals surface area contributed by atoms with Gasteiger partial charge < -0.3 is 9.84 Å². The first-order chi connectivity index (χ1) is 11.3. The minimum atomic E-state index is -0.860. The van der Waals surface area contributed by atoms with E-state index < -0.39 is 17.8 Å². The van der Waals surface area contributed by atoms with Gasteiger partial charge in [0.05, 0.1) is 5.60 Å². The van der Waals surface area contributed by atoms with Gasteiger partial charge in [0, 0.05) is 24.7 Å². The molecule has 0 aliphatic heterocycles. The van der Waals surface area contributed by atoms with Gasteiger partial charge in [0.2, 0.25) is 0 Å². The highest BCUT2D eigenvalue weighted by Gasteiger charge is 2.51. The molecule has 130 valence electrons. The number of hydrogen-bond acceptors (Lipinski definition) is 4. The number of ether oxygens (including phenoxy) is 1. The molecular formula is C19H26N2O3. The Labute approximate surface area is 143 Å². The molecule has 0 aromatic carbocycles. The van der Waals surface area contributed by atoms with Gasteiger partial charge in [-0.1, -0.05) is 25.2 Å². The van der Waals surface area contributed by atoms with E-state index in [2.05, 4.69) is 24.6 Å². The van der Waals surface area contributed by atoms with Gasteiger partial charge in [-0.3, -0.25) is 0 Å². The predicted octanol–water partition coefficient (Wildman–Crippen LogP) is 3.56. The first-order valence-electron chi connectivity index (χ1n) is 8.58. The maximum atomic E-state index is 12.2. The molecule has 1 aromatic heterocycles. The lowest BCUT2D eigenvalue weighted by Gasteiger charge is -2.51. The third kappa shape index (κ3) is 2.81. The van der Waals surface area contributed by atoms with Gasteiger partial charge in [-0.25, -0.2) is 14.3 Å². The minimum Gasteiger partial charge on any atom is -0.441 e. The lowest BCUT2D eigenvalue weighted by Crippen LogP contribution is -2.55. The summed E-state index contributed by atoms with van der Waals surface area (Å²) < 4.78 is 6.95. The molecule has 1 heterocycles. The highest BCUT2D eigenvalue weighted by molar-refractivity contribution is 5.70. The average Bonchev–Trinajstić information content (AvgIpc) is 3.05. The van der Waals surface area contributed by atoms with E-state index in [-0.39, 0.29) is 17.8 Å². The summed E-state index contributed by atoms with van der Waals surface area (Å²) in [7, 11) is 0. The molecule has 1 unspecified atom stereocenters. The van der Waals surface area contributed by atoms with Crippen molar-refractivity contribution < 1.29 is 14.6 Å². The SMILES string of the molecule is C=C(C)C1CC[C@@H](C)[C@]2(O)C[C@@H](OC(=O)n3ccnc3)C(C)=C[C@H]12. The van der Waals surface area contributed by atoms with Gasteiger partial charge in [0.15, 0.2) is 0 Å². The molecular weight excluding hydrogens is 304 g/mol. The molecule has 2 aliphatic rings. The number of carbonyl (C=O) groups is 1. The summed E-state index contributed by atoms with van der Waals surface area (Å²) in [6.45, 7) is 10.2. The second-order valence-electron chi connectivity index (χ2n) is 7.41. The van der Waals surface area contributed by atoms with Crippen LogP contribution in [0.1, 0.15) is 40.0 Å². The number of allylic oxidation sites excluding steroid dienone is 1. The van der Waals surface area contributed by atoms with Crippen molar-refractivity contribution in [1.82, 2.24) is 9.55 Å². The highest BCUT2D eigenvalue weighted by atomic mass is 16.6. The summed E-state index contributed by atoms with van der Waals surface area (Å²) in [5, 5.41) is 11.4. The van der Waals surface area contributed by atoms with Crippen molar-refractivity contribution in [2.24, 2.45) is 17.8 Å². The molecule has 2 aliphatic carbocycles. The van der Waals surface area contributed by atoms with Crippen molar-refractivity contribution in [2.45, 2.75) is 51.7 Å². The third-order valence-electron chi connectivity index (χ3n) is 5.83. The van der Waals surface area contributed by atoms with Crippen molar-refractivity contribution in [3.05, 3.63) is 42.5 Å². The van der Waals surface area contributed by atoms with E-state index in [1.807, 2.05) is 13.8 Å². The fraction of sp³-hybridized carbons (Fsp3) is 0.579. The average molecular weight is 330 g/mol. The van der Waals surface area contributed by atoms with E-state index in [9.17, 15) is 9.90 Å². The Morgan fingerprint density at radius 1 is 1.50 bits per heavy atom. The van der Waals surface area contributed by atoms with Gasteiger partial charge in [0.25, 0.3) is 0 Å². The van der Waals surface area contributed by atoms with Crippen LogP contribution in [0.4, 0.5) is 4.79 Å². The topological polar surface area (TPSA) is 64.3 Å². The van der Waals surface area contributed by atoms with E-state index in [0.717, 1.165) is 24.0 Å². The van der Waals surface area contributed by atoms with Crippen LogP contribution in [0.3, 0.4) is 0 Å². The molecule has 1 saturated carbocycles. The maximum Gasteiger partial charge on any atom is 0.419 e. The van der Waals surface area contributed by atoms with E-state index in [0.29, 0.717) is 6.42 Å². The summed E-state index contributed by atoms with van der Waals surface area (Å²) in [4.78, 5) is 16.1. The van der Waals surface area contributed by atoms with Gasteiger partial charge in [0.1, 0.15) is 12.4 Å². The second-order valence-corrected chi connectivity index (χ2v) is 7.41. The molecule has 0 amide bonds. The van der Waals surface area contributed by atoms with Crippen molar-refractivity contribution in [3.8, 4) is 0 Å². The first-order valence-corrected chi connectivity index (χ1v) is 8.58. The second kappa shape index (κ2) is 6.20. The Morgan fingerprint density at radius 3 is 2.88 bits per heavy atom. The van der Waals surface area contributed by atoms with Gasteiger partial charge in [-0.15, -0.1) is 0 Å². The number of imidazole rings is 1. The zero-order valence-electron chi connectivity index (χ0n) is 14.6. The van der Waals surface area contributed by atoms with Crippen LogP contribution in [0.25, 0.3) is 0 Å². The standard InChI is InChI=1S/C19H26N2O3/c1-12(2)15-6-5-14(4)19(23)10-17(13(3)9-16(15)19)24-18(22)21-8-7-20-11-21/h7-9,11,14-17,23H,1,5-6,10H2,2-4H3/t14-,15?,16-,17-,19-/m1/s1. The van der Waals surface area contributed by atoms with E-state index >= 15 is 0 Å². The van der Waals surface area contributed by atoms with E-state index in [1.165, 1.54) is 17.1 Å². The van der Waals surface area contributed by atoms with Crippen molar-refractivity contribution >= 4 is 6.09 Å². The Kier molecular flexibility index (Phi) is 4.38. The first kappa shape index (κ1) is 17.0. The van der Waals surface area contributed by atoms with Gasteiger partial charge in [-0.05, 0) is 44.1 Å². The Bertz CT molecular complexity index is 664. The third-order valence-corrected chi connectivity index (χ3v) is 5.83. The zero-order chi connectivity index (χ0) is 17.5. The molecule has 1 N–H and O–H groups in total. The molecule has 5 heteroatoms. The predicted molar refractivity (Wildman–Crippen MR) is 91.4 cm³/mol. The fourth-order valence-electron chi connectivity index (χ4n) is 4.22. The number of nitrogens with zero attached hydrogens (tertiary/aromatic N) is 2. The normalized spacial score (nSPS) is 35.8. The molecule has 0 radical (unpaired) electrons. The summed E-state index contributed by atoms with van der Waals surface area (Å²) in [5.74, 6) is 0.491. The van der Waals surface area contributed by atoms with Crippen LogP contribution in [0.2, 0.25) is 0 Å². The fourth-order valence-corrected chi connectivity index (χ4v) is 4.22. The quantitative estimate of drug-likeness (QED) is 0.842. The molecule has 3 rings (SSSR count). The molecule has 0 saturated heterocycles. The summed E-state index contributed by atoms with van der Waals surface area (Å²) >= 11 is 0. The highest BCUT2D eigenvalue weighted by Crippen LogP contribution is 2.50. The van der Waals surface area contributed by atoms with Crippen LogP contribution >= 0.6 is 0 Å². The zero-order valence-corrected chi connectivity index (χ0v) is 14.6. The number of carbonyl (C=O) groups excluding carboxylic acids is 1. The van der Waals surface area contributed by atoms with Crippen LogP contribution in [0.5, 0.6) is 0 Å². The number of hydrogen-bond donors (Lipinski definition) is 1. The van der Waals surface area contributed by atoms with E-state index in [1.54, 1.807) is 6.20 Å². The number of fused-ring (bicyclic) bond motifs is 1.